The number of halogens is 1. The standard InChI is InChI=1S/C15H19FN2O2S2/c1-3-10-22(19,20)17-9-8-14-11(2)18-15(21-14)12-4-6-13(16)7-5-12/h4-7,17H,3,8-10H2,1-2H3. The van der Waals surface area contributed by atoms with E-state index in [1.165, 1.54) is 23.5 Å². The van der Waals surface area contributed by atoms with Crippen molar-refractivity contribution >= 4 is 21.4 Å². The highest BCUT2D eigenvalue weighted by atomic mass is 32.2. The number of aromatic nitrogens is 1. The maximum atomic E-state index is 12.9. The zero-order valence-corrected chi connectivity index (χ0v) is 14.2. The molecule has 0 radical (unpaired) electrons. The summed E-state index contributed by atoms with van der Waals surface area (Å²) in [7, 11) is -3.17. The first-order valence-electron chi connectivity index (χ1n) is 7.11. The van der Waals surface area contributed by atoms with Crippen LogP contribution in [0.4, 0.5) is 4.39 Å². The Labute approximate surface area is 134 Å². The fraction of sp³-hybridized carbons (Fsp3) is 0.400. The molecule has 0 fully saturated rings. The number of hydrogen-bond donors (Lipinski definition) is 1. The molecular weight excluding hydrogens is 323 g/mol. The van der Waals surface area contributed by atoms with Crippen LogP contribution in [-0.4, -0.2) is 25.7 Å². The fourth-order valence-electron chi connectivity index (χ4n) is 2.04. The van der Waals surface area contributed by atoms with Crippen LogP contribution in [0.3, 0.4) is 0 Å². The summed E-state index contributed by atoms with van der Waals surface area (Å²) in [6, 6.07) is 6.21. The van der Waals surface area contributed by atoms with E-state index in [1.54, 1.807) is 12.1 Å². The molecule has 1 aromatic carbocycles. The second-order valence-electron chi connectivity index (χ2n) is 5.00. The van der Waals surface area contributed by atoms with Crippen molar-refractivity contribution < 1.29 is 12.8 Å². The summed E-state index contributed by atoms with van der Waals surface area (Å²) in [6.45, 7) is 4.11. The van der Waals surface area contributed by atoms with Crippen LogP contribution < -0.4 is 4.72 Å². The first-order chi connectivity index (χ1) is 10.4. The molecule has 0 aliphatic heterocycles. The lowest BCUT2D eigenvalue weighted by Crippen LogP contribution is -2.28. The highest BCUT2D eigenvalue weighted by molar-refractivity contribution is 7.89. The van der Waals surface area contributed by atoms with Crippen LogP contribution in [-0.2, 0) is 16.4 Å². The van der Waals surface area contributed by atoms with Crippen molar-refractivity contribution in [3.8, 4) is 10.6 Å². The lowest BCUT2D eigenvalue weighted by molar-refractivity contribution is 0.580. The van der Waals surface area contributed by atoms with E-state index in [0.717, 1.165) is 21.1 Å². The SMILES string of the molecule is CCCS(=O)(=O)NCCc1sc(-c2ccc(F)cc2)nc1C. The minimum atomic E-state index is -3.17. The topological polar surface area (TPSA) is 59.1 Å². The van der Waals surface area contributed by atoms with E-state index >= 15 is 0 Å². The van der Waals surface area contributed by atoms with Gasteiger partial charge in [-0.25, -0.2) is 22.5 Å². The average Bonchev–Trinajstić information content (AvgIpc) is 2.81. The van der Waals surface area contributed by atoms with Gasteiger partial charge in [0.25, 0.3) is 0 Å². The normalized spacial score (nSPS) is 11.8. The molecule has 0 saturated carbocycles. The van der Waals surface area contributed by atoms with Gasteiger partial charge >= 0.3 is 0 Å². The van der Waals surface area contributed by atoms with Gasteiger partial charge in [0.1, 0.15) is 10.8 Å². The Morgan fingerprint density at radius 3 is 2.59 bits per heavy atom. The van der Waals surface area contributed by atoms with Crippen LogP contribution in [0.15, 0.2) is 24.3 Å². The second-order valence-corrected chi connectivity index (χ2v) is 8.01. The highest BCUT2D eigenvalue weighted by Gasteiger charge is 2.12. The molecule has 4 nitrogen and oxygen atoms in total. The first kappa shape index (κ1) is 17.1. The van der Waals surface area contributed by atoms with Crippen LogP contribution in [0.25, 0.3) is 10.6 Å². The summed E-state index contributed by atoms with van der Waals surface area (Å²) in [5.74, 6) is -0.127. The minimum Gasteiger partial charge on any atom is -0.241 e. The summed E-state index contributed by atoms with van der Waals surface area (Å²) in [4.78, 5) is 5.52. The van der Waals surface area contributed by atoms with E-state index < -0.39 is 10.0 Å². The third-order valence-electron chi connectivity index (χ3n) is 3.13. The number of rotatable bonds is 7. The molecule has 0 aliphatic carbocycles. The largest absolute Gasteiger partial charge is 0.241 e. The molecule has 2 rings (SSSR count). The Morgan fingerprint density at radius 1 is 1.27 bits per heavy atom. The molecule has 0 aliphatic rings. The molecule has 120 valence electrons. The van der Waals surface area contributed by atoms with Crippen LogP contribution in [0.1, 0.15) is 23.9 Å². The quantitative estimate of drug-likeness (QED) is 0.841. The van der Waals surface area contributed by atoms with Gasteiger partial charge < -0.3 is 0 Å². The summed E-state index contributed by atoms with van der Waals surface area (Å²) < 4.78 is 38.8. The van der Waals surface area contributed by atoms with Gasteiger partial charge in [-0.2, -0.15) is 0 Å². The van der Waals surface area contributed by atoms with Gasteiger partial charge in [0.2, 0.25) is 10.0 Å². The first-order valence-corrected chi connectivity index (χ1v) is 9.57. The zero-order valence-electron chi connectivity index (χ0n) is 12.6. The summed E-state index contributed by atoms with van der Waals surface area (Å²) >= 11 is 1.51. The molecule has 0 spiro atoms. The minimum absolute atomic E-state index is 0.148. The lowest BCUT2D eigenvalue weighted by Gasteiger charge is -2.04. The Hall–Kier alpha value is -1.31. The predicted molar refractivity (Wildman–Crippen MR) is 88.0 cm³/mol. The molecule has 1 aromatic heterocycles. The highest BCUT2D eigenvalue weighted by Crippen LogP contribution is 2.28. The maximum absolute atomic E-state index is 12.9. The fourth-order valence-corrected chi connectivity index (χ4v) is 4.20. The van der Waals surface area contributed by atoms with Crippen molar-refractivity contribution in [3.63, 3.8) is 0 Å². The summed E-state index contributed by atoms with van der Waals surface area (Å²) in [6.07, 6.45) is 1.21. The molecule has 1 heterocycles. The monoisotopic (exact) mass is 342 g/mol. The molecule has 0 bridgehead atoms. The molecule has 0 amide bonds. The van der Waals surface area contributed by atoms with E-state index in [9.17, 15) is 12.8 Å². The average molecular weight is 342 g/mol. The maximum Gasteiger partial charge on any atom is 0.211 e. The Kier molecular flexibility index (Phi) is 5.66. The van der Waals surface area contributed by atoms with E-state index in [1.807, 2.05) is 13.8 Å². The van der Waals surface area contributed by atoms with E-state index in [0.29, 0.717) is 19.4 Å². The van der Waals surface area contributed by atoms with Gasteiger partial charge in [-0.15, -0.1) is 11.3 Å². The number of aryl methyl sites for hydroxylation is 1. The second kappa shape index (κ2) is 7.30. The number of sulfonamides is 1. The van der Waals surface area contributed by atoms with Gasteiger partial charge in [-0.3, -0.25) is 0 Å². The van der Waals surface area contributed by atoms with E-state index in [2.05, 4.69) is 9.71 Å². The Morgan fingerprint density at radius 2 is 1.95 bits per heavy atom. The predicted octanol–water partition coefficient (Wildman–Crippen LogP) is 3.13. The third-order valence-corrected chi connectivity index (χ3v) is 5.99. The molecule has 2 aromatic rings. The van der Waals surface area contributed by atoms with Crippen molar-refractivity contribution in [2.45, 2.75) is 26.7 Å². The summed E-state index contributed by atoms with van der Waals surface area (Å²) in [5, 5.41) is 0.823. The number of thiazole rings is 1. The van der Waals surface area contributed by atoms with Gasteiger partial charge in [0.15, 0.2) is 0 Å². The van der Waals surface area contributed by atoms with Gasteiger partial charge in [-0.1, -0.05) is 6.92 Å². The number of nitrogens with zero attached hydrogens (tertiary/aromatic N) is 1. The van der Waals surface area contributed by atoms with Crippen LogP contribution in [0.2, 0.25) is 0 Å². The Bertz CT molecular complexity index is 725. The van der Waals surface area contributed by atoms with Crippen molar-refractivity contribution in [1.29, 1.82) is 0 Å². The van der Waals surface area contributed by atoms with Crippen LogP contribution in [0, 0.1) is 12.7 Å². The third kappa shape index (κ3) is 4.59. The summed E-state index contributed by atoms with van der Waals surface area (Å²) in [5.41, 5.74) is 1.76. The van der Waals surface area contributed by atoms with Crippen LogP contribution in [0.5, 0.6) is 0 Å². The van der Waals surface area contributed by atoms with Crippen LogP contribution >= 0.6 is 11.3 Å². The molecule has 0 atom stereocenters. The van der Waals surface area contributed by atoms with Crippen molar-refractivity contribution in [2.24, 2.45) is 0 Å². The van der Waals surface area contributed by atoms with Crippen molar-refractivity contribution in [1.82, 2.24) is 9.71 Å². The number of nitrogens with one attached hydrogen (secondary N) is 1. The van der Waals surface area contributed by atoms with E-state index in [4.69, 9.17) is 0 Å². The molecular formula is C15H19FN2O2S2. The van der Waals surface area contributed by atoms with Crippen molar-refractivity contribution in [3.05, 3.63) is 40.7 Å². The van der Waals surface area contributed by atoms with Gasteiger partial charge in [-0.05, 0) is 44.0 Å². The molecule has 7 heteroatoms. The number of hydrogen-bond acceptors (Lipinski definition) is 4. The zero-order chi connectivity index (χ0) is 16.2. The molecule has 0 unspecified atom stereocenters. The van der Waals surface area contributed by atoms with Crippen molar-refractivity contribution in [2.75, 3.05) is 12.3 Å². The molecule has 0 saturated heterocycles. The van der Waals surface area contributed by atoms with E-state index in [-0.39, 0.29) is 11.6 Å². The van der Waals surface area contributed by atoms with Gasteiger partial charge in [0.05, 0.1) is 11.4 Å². The Balaban J connectivity index is 2.03. The smallest absolute Gasteiger partial charge is 0.211 e. The lowest BCUT2D eigenvalue weighted by atomic mass is 10.2. The molecule has 22 heavy (non-hydrogen) atoms. The van der Waals surface area contributed by atoms with Gasteiger partial charge in [0, 0.05) is 17.0 Å². The molecule has 1 N–H and O–H groups in total. The number of benzene rings is 1.